The predicted octanol–water partition coefficient (Wildman–Crippen LogP) is 4.81. The Hall–Kier alpha value is -1.13. The van der Waals surface area contributed by atoms with E-state index < -0.39 is 0 Å². The number of nitrogens with one attached hydrogen (secondary N) is 1. The fraction of sp³-hybridized carbons (Fsp3) is 0.278. The summed E-state index contributed by atoms with van der Waals surface area (Å²) in [6, 6.07) is 12.5. The van der Waals surface area contributed by atoms with E-state index in [1.54, 1.807) is 0 Å². The van der Waals surface area contributed by atoms with Gasteiger partial charge >= 0.3 is 0 Å². The van der Waals surface area contributed by atoms with Gasteiger partial charge in [-0.2, -0.15) is 0 Å². The highest BCUT2D eigenvalue weighted by atomic mass is 35.5. The zero-order chi connectivity index (χ0) is 16.6. The Bertz CT molecular complexity index is 761. The molecule has 120 valence electrons. The third-order valence-corrected chi connectivity index (χ3v) is 5.54. The Balaban J connectivity index is 2.08. The molecule has 0 aliphatic heterocycles. The maximum atomic E-state index is 6.20. The number of nitrogens with two attached hydrogens (primary N) is 1. The first kappa shape index (κ1) is 16.7. The lowest BCUT2D eigenvalue weighted by Gasteiger charge is -2.32. The van der Waals surface area contributed by atoms with E-state index in [1.165, 1.54) is 16.7 Å². The van der Waals surface area contributed by atoms with E-state index in [0.29, 0.717) is 27.0 Å². The highest BCUT2D eigenvalue weighted by Crippen LogP contribution is 2.42. The number of fused-ring (bicyclic) bond motifs is 1. The number of thiocarbonyl (C=S) groups is 1. The normalized spacial score (nSPS) is 20.1. The van der Waals surface area contributed by atoms with Crippen molar-refractivity contribution in [3.05, 3.63) is 68.7 Å². The molecule has 2 atom stereocenters. The van der Waals surface area contributed by atoms with Crippen LogP contribution in [-0.4, -0.2) is 12.0 Å². The highest BCUT2D eigenvalue weighted by Gasteiger charge is 2.28. The topological polar surface area (TPSA) is 38.0 Å². The summed E-state index contributed by atoms with van der Waals surface area (Å²) in [6.45, 7) is 0. The first-order valence-corrected chi connectivity index (χ1v) is 8.73. The van der Waals surface area contributed by atoms with Crippen LogP contribution in [0.3, 0.4) is 0 Å². The minimum absolute atomic E-state index is 0.310. The molecule has 5 heteroatoms. The molecule has 0 saturated heterocycles. The van der Waals surface area contributed by atoms with Crippen molar-refractivity contribution in [2.75, 3.05) is 7.05 Å². The van der Waals surface area contributed by atoms with Crippen LogP contribution in [-0.2, 0) is 0 Å². The number of hydrogen-bond acceptors (Lipinski definition) is 2. The van der Waals surface area contributed by atoms with E-state index in [1.807, 2.05) is 25.2 Å². The highest BCUT2D eigenvalue weighted by molar-refractivity contribution is 7.80. The third kappa shape index (κ3) is 3.24. The molecule has 2 nitrogen and oxygen atoms in total. The number of hydrogen-bond donors (Lipinski definition) is 2. The zero-order valence-electron chi connectivity index (χ0n) is 12.8. The van der Waals surface area contributed by atoms with Crippen molar-refractivity contribution in [2.45, 2.75) is 24.8 Å². The molecule has 3 rings (SSSR count). The summed E-state index contributed by atoms with van der Waals surface area (Å²) in [6.07, 6.45) is 2.11. The van der Waals surface area contributed by atoms with Crippen molar-refractivity contribution in [3.8, 4) is 0 Å². The second-order valence-corrected chi connectivity index (χ2v) is 7.11. The van der Waals surface area contributed by atoms with Gasteiger partial charge in [0.25, 0.3) is 0 Å². The lowest BCUT2D eigenvalue weighted by atomic mass is 9.76. The van der Waals surface area contributed by atoms with Crippen LogP contribution in [0.25, 0.3) is 0 Å². The van der Waals surface area contributed by atoms with E-state index in [4.69, 9.17) is 41.2 Å². The number of rotatable bonds is 3. The molecule has 0 amide bonds. The van der Waals surface area contributed by atoms with Crippen LogP contribution in [0.15, 0.2) is 36.4 Å². The van der Waals surface area contributed by atoms with Gasteiger partial charge in [0, 0.05) is 17.5 Å². The van der Waals surface area contributed by atoms with Gasteiger partial charge in [-0.3, -0.25) is 0 Å². The van der Waals surface area contributed by atoms with Crippen molar-refractivity contribution in [1.82, 2.24) is 5.32 Å². The van der Waals surface area contributed by atoms with Crippen LogP contribution >= 0.6 is 35.4 Å². The van der Waals surface area contributed by atoms with Gasteiger partial charge in [-0.15, -0.1) is 0 Å². The first-order valence-electron chi connectivity index (χ1n) is 7.57. The molecule has 1 aliphatic carbocycles. The summed E-state index contributed by atoms with van der Waals surface area (Å²) < 4.78 is 0. The molecule has 1 unspecified atom stereocenters. The Morgan fingerprint density at radius 2 is 1.87 bits per heavy atom. The largest absolute Gasteiger partial charge is 0.389 e. The fourth-order valence-electron chi connectivity index (χ4n) is 3.37. The van der Waals surface area contributed by atoms with Crippen LogP contribution in [0.2, 0.25) is 10.0 Å². The van der Waals surface area contributed by atoms with Gasteiger partial charge in [0.05, 0.1) is 10.0 Å². The van der Waals surface area contributed by atoms with E-state index in [9.17, 15) is 0 Å². The Labute approximate surface area is 152 Å². The molecule has 2 aromatic carbocycles. The van der Waals surface area contributed by atoms with Gasteiger partial charge in [-0.05, 0) is 54.8 Å². The van der Waals surface area contributed by atoms with Gasteiger partial charge in [-0.25, -0.2) is 0 Å². The average Bonchev–Trinajstić information content (AvgIpc) is 2.55. The van der Waals surface area contributed by atoms with Crippen LogP contribution in [0, 0.1) is 0 Å². The standard InChI is InChI=1S/C18H18Cl2N2S/c1-22-17-7-5-12(10-3-6-15(19)16(20)9-10)13-4-2-11(18(21)23)8-14(13)17/h2-4,6,8-9,12,17,22H,5,7H2,1H3,(H2,21,23)/t12-,17?/m0/s1. The summed E-state index contributed by atoms with van der Waals surface area (Å²) in [7, 11) is 1.99. The molecular weight excluding hydrogens is 347 g/mol. The van der Waals surface area contributed by atoms with Gasteiger partial charge < -0.3 is 11.1 Å². The van der Waals surface area contributed by atoms with Gasteiger partial charge in [0.1, 0.15) is 4.99 Å². The van der Waals surface area contributed by atoms with Crippen LogP contribution in [0.5, 0.6) is 0 Å². The minimum Gasteiger partial charge on any atom is -0.389 e. The molecule has 0 bridgehead atoms. The maximum absolute atomic E-state index is 6.20. The number of benzene rings is 2. The van der Waals surface area contributed by atoms with E-state index in [-0.39, 0.29) is 0 Å². The second kappa shape index (κ2) is 6.78. The third-order valence-electron chi connectivity index (χ3n) is 4.56. The molecule has 0 heterocycles. The Kier molecular flexibility index (Phi) is 4.93. The average molecular weight is 365 g/mol. The van der Waals surface area contributed by atoms with Gasteiger partial charge in [0.15, 0.2) is 0 Å². The molecule has 0 spiro atoms. The van der Waals surface area contributed by atoms with E-state index in [0.717, 1.165) is 18.4 Å². The van der Waals surface area contributed by atoms with Crippen molar-refractivity contribution in [1.29, 1.82) is 0 Å². The SMILES string of the molecule is CNC1CC[C@@H](c2ccc(Cl)c(Cl)c2)c2ccc(C(N)=S)cc21. The summed E-state index contributed by atoms with van der Waals surface area (Å²) in [5, 5.41) is 4.57. The lowest BCUT2D eigenvalue weighted by molar-refractivity contribution is 0.471. The first-order chi connectivity index (χ1) is 11.0. The summed E-state index contributed by atoms with van der Waals surface area (Å²) >= 11 is 17.4. The summed E-state index contributed by atoms with van der Waals surface area (Å²) in [5.74, 6) is 0.310. The second-order valence-electron chi connectivity index (χ2n) is 5.85. The van der Waals surface area contributed by atoms with Crippen LogP contribution < -0.4 is 11.1 Å². The Morgan fingerprint density at radius 1 is 1.09 bits per heavy atom. The molecule has 0 aromatic heterocycles. The summed E-state index contributed by atoms with van der Waals surface area (Å²) in [4.78, 5) is 0.430. The van der Waals surface area contributed by atoms with Crippen molar-refractivity contribution >= 4 is 40.4 Å². The lowest BCUT2D eigenvalue weighted by Crippen LogP contribution is -2.25. The maximum Gasteiger partial charge on any atom is 0.103 e. The summed E-state index contributed by atoms with van der Waals surface area (Å²) in [5.41, 5.74) is 10.5. The molecule has 23 heavy (non-hydrogen) atoms. The number of halogens is 2. The molecule has 0 saturated carbocycles. The van der Waals surface area contributed by atoms with Crippen molar-refractivity contribution < 1.29 is 0 Å². The van der Waals surface area contributed by atoms with Crippen LogP contribution in [0.4, 0.5) is 0 Å². The van der Waals surface area contributed by atoms with Gasteiger partial charge in [-0.1, -0.05) is 53.6 Å². The molecule has 0 fully saturated rings. The quantitative estimate of drug-likeness (QED) is 0.767. The van der Waals surface area contributed by atoms with Gasteiger partial charge in [0.2, 0.25) is 0 Å². The monoisotopic (exact) mass is 364 g/mol. The van der Waals surface area contributed by atoms with E-state index in [2.05, 4.69) is 23.5 Å². The molecule has 1 aliphatic rings. The van der Waals surface area contributed by atoms with E-state index >= 15 is 0 Å². The minimum atomic E-state index is 0.310. The fourth-order valence-corrected chi connectivity index (χ4v) is 3.80. The zero-order valence-corrected chi connectivity index (χ0v) is 15.1. The smallest absolute Gasteiger partial charge is 0.103 e. The predicted molar refractivity (Wildman–Crippen MR) is 102 cm³/mol. The molecule has 0 radical (unpaired) electrons. The van der Waals surface area contributed by atoms with Crippen molar-refractivity contribution in [2.24, 2.45) is 5.73 Å². The molecular formula is C18H18Cl2N2S. The molecule has 3 N–H and O–H groups in total. The Morgan fingerprint density at radius 3 is 2.52 bits per heavy atom. The van der Waals surface area contributed by atoms with Crippen molar-refractivity contribution in [3.63, 3.8) is 0 Å². The van der Waals surface area contributed by atoms with Crippen LogP contribution in [0.1, 0.15) is 47.1 Å². The molecule has 2 aromatic rings.